The van der Waals surface area contributed by atoms with Crippen molar-refractivity contribution in [2.45, 2.75) is 17.7 Å². The molecule has 0 unspecified atom stereocenters. The molecule has 3 rings (SSSR count). The molecule has 1 aliphatic rings. The molecule has 1 atom stereocenters. The number of piperidine rings is 1. The number of aromatic nitrogens is 2. The molecule has 0 saturated carbocycles. The molecule has 0 radical (unpaired) electrons. The zero-order valence-corrected chi connectivity index (χ0v) is 16.8. The maximum absolute atomic E-state index is 12.5. The van der Waals surface area contributed by atoms with E-state index in [2.05, 4.69) is 20.4 Å². The van der Waals surface area contributed by atoms with Gasteiger partial charge in [-0.05, 0) is 43.2 Å². The minimum absolute atomic E-state index is 0.0248. The van der Waals surface area contributed by atoms with Crippen molar-refractivity contribution in [3.63, 3.8) is 0 Å². The van der Waals surface area contributed by atoms with Gasteiger partial charge in [0.25, 0.3) is 0 Å². The highest BCUT2D eigenvalue weighted by Crippen LogP contribution is 2.23. The Labute approximate surface area is 168 Å². The molecule has 1 N–H and O–H groups in total. The highest BCUT2D eigenvalue weighted by Gasteiger charge is 2.26. The fraction of sp³-hybridized carbons (Fsp3) is 0.421. The van der Waals surface area contributed by atoms with Crippen LogP contribution in [0.3, 0.4) is 0 Å². The second kappa shape index (κ2) is 9.80. The molecule has 0 bridgehead atoms. The average molecular weight is 407 g/mol. The SMILES string of the molecule is COc1ccc(N2CCC[C@H](C(=O)NCCSc3ccc(Cl)cc3)C2)nn1. The van der Waals surface area contributed by atoms with Crippen LogP contribution in [0.25, 0.3) is 0 Å². The van der Waals surface area contributed by atoms with Crippen molar-refractivity contribution in [1.82, 2.24) is 15.5 Å². The third-order valence-corrected chi connectivity index (χ3v) is 5.70. The van der Waals surface area contributed by atoms with Gasteiger partial charge >= 0.3 is 0 Å². The van der Waals surface area contributed by atoms with E-state index in [9.17, 15) is 4.79 Å². The Kier molecular flexibility index (Phi) is 7.18. The number of ether oxygens (including phenoxy) is 1. The first-order chi connectivity index (χ1) is 13.2. The van der Waals surface area contributed by atoms with Gasteiger partial charge in [-0.1, -0.05) is 11.6 Å². The average Bonchev–Trinajstić information content (AvgIpc) is 2.72. The Bertz CT molecular complexity index is 742. The third-order valence-electron chi connectivity index (χ3n) is 4.43. The second-order valence-electron chi connectivity index (χ2n) is 6.31. The summed E-state index contributed by atoms with van der Waals surface area (Å²) in [7, 11) is 1.57. The van der Waals surface area contributed by atoms with E-state index in [1.165, 1.54) is 0 Å². The molecule has 2 heterocycles. The van der Waals surface area contributed by atoms with Crippen LogP contribution >= 0.6 is 23.4 Å². The van der Waals surface area contributed by atoms with Gasteiger partial charge in [-0.15, -0.1) is 22.0 Å². The van der Waals surface area contributed by atoms with Crippen molar-refractivity contribution in [2.75, 3.05) is 37.4 Å². The number of carbonyl (C=O) groups excluding carboxylic acids is 1. The number of anilines is 1. The standard InChI is InChI=1S/C19H23ClN4O2S/c1-26-18-9-8-17(22-23-18)24-11-2-3-14(13-24)19(25)21-10-12-27-16-6-4-15(20)5-7-16/h4-9,14H,2-3,10-13H2,1H3,(H,21,25)/t14-/m0/s1. The van der Waals surface area contributed by atoms with E-state index in [0.717, 1.165) is 40.9 Å². The van der Waals surface area contributed by atoms with E-state index in [-0.39, 0.29) is 11.8 Å². The van der Waals surface area contributed by atoms with Gasteiger partial charge in [-0.25, -0.2) is 0 Å². The highest BCUT2D eigenvalue weighted by molar-refractivity contribution is 7.99. The quantitative estimate of drug-likeness (QED) is 0.562. The number of nitrogens with one attached hydrogen (secondary N) is 1. The molecule has 144 valence electrons. The summed E-state index contributed by atoms with van der Waals surface area (Å²) in [6.45, 7) is 2.19. The minimum atomic E-state index is -0.0248. The van der Waals surface area contributed by atoms with Crippen LogP contribution in [0.2, 0.25) is 5.02 Å². The molecular formula is C19H23ClN4O2S. The van der Waals surface area contributed by atoms with Crippen molar-refractivity contribution in [2.24, 2.45) is 5.92 Å². The van der Waals surface area contributed by atoms with Gasteiger partial charge in [-0.3, -0.25) is 4.79 Å². The van der Waals surface area contributed by atoms with Crippen LogP contribution < -0.4 is 15.0 Å². The third kappa shape index (κ3) is 5.74. The second-order valence-corrected chi connectivity index (χ2v) is 7.92. The maximum Gasteiger partial charge on any atom is 0.233 e. The maximum atomic E-state index is 12.5. The normalized spacial score (nSPS) is 16.8. The van der Waals surface area contributed by atoms with Crippen LogP contribution in [-0.2, 0) is 4.79 Å². The van der Waals surface area contributed by atoms with Gasteiger partial charge in [0.1, 0.15) is 0 Å². The highest BCUT2D eigenvalue weighted by atomic mass is 35.5. The van der Waals surface area contributed by atoms with Crippen LogP contribution in [0.4, 0.5) is 5.82 Å². The summed E-state index contributed by atoms with van der Waals surface area (Å²) in [5, 5.41) is 12.0. The van der Waals surface area contributed by atoms with Gasteiger partial charge in [0.15, 0.2) is 5.82 Å². The van der Waals surface area contributed by atoms with Gasteiger partial charge in [-0.2, -0.15) is 0 Å². The first-order valence-electron chi connectivity index (χ1n) is 8.94. The number of thioether (sulfide) groups is 1. The van der Waals surface area contributed by atoms with Crippen LogP contribution in [0.1, 0.15) is 12.8 Å². The predicted molar refractivity (Wildman–Crippen MR) is 109 cm³/mol. The Hall–Kier alpha value is -1.99. The molecule has 1 fully saturated rings. The molecule has 1 aliphatic heterocycles. The number of rotatable bonds is 7. The van der Waals surface area contributed by atoms with Gasteiger partial charge < -0.3 is 15.0 Å². The molecule has 0 aliphatic carbocycles. The van der Waals surface area contributed by atoms with E-state index in [4.69, 9.17) is 16.3 Å². The molecule has 1 aromatic carbocycles. The molecule has 1 aromatic heterocycles. The summed E-state index contributed by atoms with van der Waals surface area (Å²) in [6, 6.07) is 11.4. The van der Waals surface area contributed by atoms with Crippen molar-refractivity contribution >= 4 is 35.1 Å². The number of carbonyl (C=O) groups is 1. The molecule has 1 saturated heterocycles. The van der Waals surface area contributed by atoms with Gasteiger partial charge in [0.2, 0.25) is 11.8 Å². The zero-order chi connectivity index (χ0) is 19.1. The van der Waals surface area contributed by atoms with Gasteiger partial charge in [0.05, 0.1) is 13.0 Å². The summed E-state index contributed by atoms with van der Waals surface area (Å²) in [4.78, 5) is 15.8. The Morgan fingerprint density at radius 2 is 2.11 bits per heavy atom. The number of hydrogen-bond acceptors (Lipinski definition) is 6. The molecule has 8 heteroatoms. The molecular weight excluding hydrogens is 384 g/mol. The van der Waals surface area contributed by atoms with E-state index in [1.807, 2.05) is 30.3 Å². The molecule has 1 amide bonds. The van der Waals surface area contributed by atoms with Gasteiger partial charge in [0, 0.05) is 41.4 Å². The Balaban J connectivity index is 1.44. The molecule has 2 aromatic rings. The van der Waals surface area contributed by atoms with Crippen LogP contribution in [-0.4, -0.2) is 48.6 Å². The summed E-state index contributed by atoms with van der Waals surface area (Å²) < 4.78 is 5.04. The number of hydrogen-bond donors (Lipinski definition) is 1. The summed E-state index contributed by atoms with van der Waals surface area (Å²) in [5.41, 5.74) is 0. The smallest absolute Gasteiger partial charge is 0.233 e. The lowest BCUT2D eigenvalue weighted by Gasteiger charge is -2.32. The summed E-state index contributed by atoms with van der Waals surface area (Å²) >= 11 is 7.59. The number of amides is 1. The lowest BCUT2D eigenvalue weighted by molar-refractivity contribution is -0.125. The van der Waals surface area contributed by atoms with Crippen molar-refractivity contribution < 1.29 is 9.53 Å². The number of halogens is 1. The number of nitrogens with zero attached hydrogens (tertiary/aromatic N) is 3. The van der Waals surface area contributed by atoms with Crippen LogP contribution in [0.15, 0.2) is 41.3 Å². The molecule has 6 nitrogen and oxygen atoms in total. The number of methoxy groups -OCH3 is 1. The Morgan fingerprint density at radius 3 is 2.81 bits per heavy atom. The van der Waals surface area contributed by atoms with Crippen molar-refractivity contribution in [1.29, 1.82) is 0 Å². The van der Waals surface area contributed by atoms with E-state index >= 15 is 0 Å². The first kappa shape index (κ1) is 19.8. The van der Waals surface area contributed by atoms with Crippen LogP contribution in [0.5, 0.6) is 5.88 Å². The zero-order valence-electron chi connectivity index (χ0n) is 15.2. The Morgan fingerprint density at radius 1 is 1.30 bits per heavy atom. The first-order valence-corrected chi connectivity index (χ1v) is 10.3. The van der Waals surface area contributed by atoms with E-state index < -0.39 is 0 Å². The van der Waals surface area contributed by atoms with E-state index in [1.54, 1.807) is 24.9 Å². The molecule has 27 heavy (non-hydrogen) atoms. The van der Waals surface area contributed by atoms with Crippen LogP contribution in [0, 0.1) is 5.92 Å². The molecule has 0 spiro atoms. The minimum Gasteiger partial charge on any atom is -0.480 e. The topological polar surface area (TPSA) is 67.3 Å². The van der Waals surface area contributed by atoms with Crippen molar-refractivity contribution in [3.8, 4) is 5.88 Å². The lowest BCUT2D eigenvalue weighted by atomic mass is 9.97. The van der Waals surface area contributed by atoms with E-state index in [0.29, 0.717) is 19.0 Å². The fourth-order valence-electron chi connectivity index (χ4n) is 3.01. The summed E-state index contributed by atoms with van der Waals surface area (Å²) in [6.07, 6.45) is 1.86. The largest absolute Gasteiger partial charge is 0.480 e. The fourth-order valence-corrected chi connectivity index (χ4v) is 3.90. The monoisotopic (exact) mass is 406 g/mol. The lowest BCUT2D eigenvalue weighted by Crippen LogP contribution is -2.43. The predicted octanol–water partition coefficient (Wildman–Crippen LogP) is 3.26. The summed E-state index contributed by atoms with van der Waals surface area (Å²) in [5.74, 6) is 2.18. The van der Waals surface area contributed by atoms with Crippen molar-refractivity contribution in [3.05, 3.63) is 41.4 Å². The number of benzene rings is 1.